The molecule has 0 spiro atoms. The van der Waals surface area contributed by atoms with Crippen LogP contribution in [0.1, 0.15) is 16.8 Å². The number of rotatable bonds is 3. The van der Waals surface area contributed by atoms with E-state index in [0.29, 0.717) is 0 Å². The Balaban J connectivity index is 2.21. The molecule has 17 heavy (non-hydrogen) atoms. The molecule has 3 nitrogen and oxygen atoms in total. The number of aryl methyl sites for hydroxylation is 1. The third-order valence-corrected chi connectivity index (χ3v) is 3.38. The SMILES string of the molecule is Cc1c(CCc2ccccc2)n(C)n(C)c1=O. The molecule has 0 unspecified atom stereocenters. The van der Waals surface area contributed by atoms with E-state index in [1.54, 1.807) is 11.7 Å². The first-order valence-electron chi connectivity index (χ1n) is 5.86. The van der Waals surface area contributed by atoms with Crippen LogP contribution in [0.25, 0.3) is 0 Å². The minimum atomic E-state index is 0.107. The van der Waals surface area contributed by atoms with Crippen molar-refractivity contribution in [2.75, 3.05) is 0 Å². The first-order valence-corrected chi connectivity index (χ1v) is 5.86. The van der Waals surface area contributed by atoms with Gasteiger partial charge < -0.3 is 0 Å². The Morgan fingerprint density at radius 1 is 1.00 bits per heavy atom. The van der Waals surface area contributed by atoms with E-state index in [4.69, 9.17) is 0 Å². The van der Waals surface area contributed by atoms with E-state index in [9.17, 15) is 4.79 Å². The van der Waals surface area contributed by atoms with E-state index < -0.39 is 0 Å². The quantitative estimate of drug-likeness (QED) is 0.790. The summed E-state index contributed by atoms with van der Waals surface area (Å²) < 4.78 is 3.61. The Labute approximate surface area is 101 Å². The van der Waals surface area contributed by atoms with Crippen LogP contribution < -0.4 is 5.56 Å². The molecule has 3 heteroatoms. The second-order valence-corrected chi connectivity index (χ2v) is 4.41. The number of aromatic nitrogens is 2. The van der Waals surface area contributed by atoms with E-state index in [2.05, 4.69) is 12.1 Å². The van der Waals surface area contributed by atoms with Gasteiger partial charge in [-0.3, -0.25) is 14.2 Å². The van der Waals surface area contributed by atoms with Crippen LogP contribution in [0.2, 0.25) is 0 Å². The Morgan fingerprint density at radius 3 is 2.18 bits per heavy atom. The number of nitrogens with zero attached hydrogens (tertiary/aromatic N) is 2. The van der Waals surface area contributed by atoms with Gasteiger partial charge >= 0.3 is 0 Å². The lowest BCUT2D eigenvalue weighted by Gasteiger charge is -2.06. The lowest BCUT2D eigenvalue weighted by atomic mass is 10.1. The number of hydrogen-bond donors (Lipinski definition) is 0. The van der Waals surface area contributed by atoms with Crippen molar-refractivity contribution in [1.29, 1.82) is 0 Å². The van der Waals surface area contributed by atoms with Crippen LogP contribution in [0, 0.1) is 6.92 Å². The Hall–Kier alpha value is -1.77. The van der Waals surface area contributed by atoms with Gasteiger partial charge in [0.15, 0.2) is 0 Å². The summed E-state index contributed by atoms with van der Waals surface area (Å²) in [6.45, 7) is 1.91. The molecule has 0 aliphatic heterocycles. The van der Waals surface area contributed by atoms with Gasteiger partial charge in [0.1, 0.15) is 0 Å². The van der Waals surface area contributed by atoms with Crippen molar-refractivity contribution in [3.63, 3.8) is 0 Å². The van der Waals surface area contributed by atoms with Crippen molar-refractivity contribution < 1.29 is 0 Å². The fourth-order valence-corrected chi connectivity index (χ4v) is 2.18. The molecule has 0 atom stereocenters. The van der Waals surface area contributed by atoms with E-state index in [-0.39, 0.29) is 5.56 Å². The largest absolute Gasteiger partial charge is 0.290 e. The average Bonchev–Trinajstić information content (AvgIpc) is 2.54. The molecule has 0 aliphatic carbocycles. The normalized spacial score (nSPS) is 10.8. The van der Waals surface area contributed by atoms with Crippen molar-refractivity contribution in [3.05, 3.63) is 57.5 Å². The second kappa shape index (κ2) is 4.62. The van der Waals surface area contributed by atoms with Crippen molar-refractivity contribution in [2.45, 2.75) is 19.8 Å². The van der Waals surface area contributed by atoms with Gasteiger partial charge in [0, 0.05) is 25.4 Å². The summed E-state index contributed by atoms with van der Waals surface area (Å²) in [5, 5.41) is 0. The van der Waals surface area contributed by atoms with Crippen LogP contribution in [-0.4, -0.2) is 9.36 Å². The highest BCUT2D eigenvalue weighted by Gasteiger charge is 2.11. The van der Waals surface area contributed by atoms with Gasteiger partial charge in [-0.05, 0) is 25.3 Å². The van der Waals surface area contributed by atoms with Crippen LogP contribution in [0.15, 0.2) is 35.1 Å². The molecule has 0 saturated carbocycles. The summed E-state index contributed by atoms with van der Waals surface area (Å²) in [5.41, 5.74) is 3.41. The fourth-order valence-electron chi connectivity index (χ4n) is 2.18. The third-order valence-electron chi connectivity index (χ3n) is 3.38. The highest BCUT2D eigenvalue weighted by molar-refractivity contribution is 5.20. The molecule has 0 aliphatic rings. The maximum Gasteiger partial charge on any atom is 0.269 e. The smallest absolute Gasteiger partial charge is 0.269 e. The fraction of sp³-hybridized carbons (Fsp3) is 0.357. The summed E-state index contributed by atoms with van der Waals surface area (Å²) in [6.07, 6.45) is 1.88. The Kier molecular flexibility index (Phi) is 3.18. The van der Waals surface area contributed by atoms with E-state index in [1.807, 2.05) is 36.9 Å². The van der Waals surface area contributed by atoms with Gasteiger partial charge in [-0.1, -0.05) is 30.3 Å². The zero-order valence-corrected chi connectivity index (χ0v) is 10.6. The molecule has 0 fully saturated rings. The van der Waals surface area contributed by atoms with E-state index >= 15 is 0 Å². The van der Waals surface area contributed by atoms with Gasteiger partial charge in [0.05, 0.1) is 0 Å². The van der Waals surface area contributed by atoms with Crippen molar-refractivity contribution >= 4 is 0 Å². The summed E-state index contributed by atoms with van der Waals surface area (Å²) in [4.78, 5) is 11.8. The van der Waals surface area contributed by atoms with Crippen LogP contribution in [-0.2, 0) is 26.9 Å². The third kappa shape index (κ3) is 2.18. The zero-order chi connectivity index (χ0) is 12.4. The maximum absolute atomic E-state index is 11.8. The first-order chi connectivity index (χ1) is 8.11. The summed E-state index contributed by atoms with van der Waals surface area (Å²) in [7, 11) is 3.75. The van der Waals surface area contributed by atoms with E-state index in [1.165, 1.54) is 5.56 Å². The minimum Gasteiger partial charge on any atom is -0.290 e. The first kappa shape index (κ1) is 11.7. The molecular formula is C14H18N2O. The van der Waals surface area contributed by atoms with Crippen molar-refractivity contribution in [3.8, 4) is 0 Å². The van der Waals surface area contributed by atoms with Crippen molar-refractivity contribution in [1.82, 2.24) is 9.36 Å². The van der Waals surface area contributed by atoms with Gasteiger partial charge in [-0.2, -0.15) is 0 Å². The minimum absolute atomic E-state index is 0.107. The molecule has 0 amide bonds. The van der Waals surface area contributed by atoms with Crippen LogP contribution in [0.3, 0.4) is 0 Å². The monoisotopic (exact) mass is 230 g/mol. The maximum atomic E-state index is 11.8. The molecule has 0 bridgehead atoms. The summed E-state index contributed by atoms with van der Waals surface area (Å²) >= 11 is 0. The van der Waals surface area contributed by atoms with Gasteiger partial charge in [-0.15, -0.1) is 0 Å². The second-order valence-electron chi connectivity index (χ2n) is 4.41. The Bertz CT molecular complexity index is 564. The highest BCUT2D eigenvalue weighted by Crippen LogP contribution is 2.08. The number of benzene rings is 1. The predicted molar refractivity (Wildman–Crippen MR) is 69.2 cm³/mol. The van der Waals surface area contributed by atoms with Crippen LogP contribution in [0.5, 0.6) is 0 Å². The van der Waals surface area contributed by atoms with Gasteiger partial charge in [-0.25, -0.2) is 0 Å². The topological polar surface area (TPSA) is 26.9 Å². The molecule has 0 radical (unpaired) electrons. The van der Waals surface area contributed by atoms with E-state index in [0.717, 1.165) is 24.1 Å². The molecule has 90 valence electrons. The molecule has 1 aromatic carbocycles. The molecule has 0 N–H and O–H groups in total. The number of hydrogen-bond acceptors (Lipinski definition) is 1. The molecule has 2 aromatic rings. The summed E-state index contributed by atoms with van der Waals surface area (Å²) in [5.74, 6) is 0. The zero-order valence-electron chi connectivity index (χ0n) is 10.6. The van der Waals surface area contributed by atoms with Gasteiger partial charge in [0.2, 0.25) is 0 Å². The standard InChI is InChI=1S/C14H18N2O/c1-11-13(15(2)16(3)14(11)17)10-9-12-7-5-4-6-8-12/h4-8H,9-10H2,1-3H3. The van der Waals surface area contributed by atoms with Crippen LogP contribution in [0.4, 0.5) is 0 Å². The average molecular weight is 230 g/mol. The predicted octanol–water partition coefficient (Wildman–Crippen LogP) is 1.82. The lowest BCUT2D eigenvalue weighted by Crippen LogP contribution is -2.17. The molecule has 1 heterocycles. The van der Waals surface area contributed by atoms with Crippen LogP contribution >= 0.6 is 0 Å². The molecule has 2 rings (SSSR count). The summed E-state index contributed by atoms with van der Waals surface area (Å²) in [6, 6.07) is 10.4. The molecule has 1 aromatic heterocycles. The highest BCUT2D eigenvalue weighted by atomic mass is 16.1. The van der Waals surface area contributed by atoms with Gasteiger partial charge in [0.25, 0.3) is 5.56 Å². The van der Waals surface area contributed by atoms with Crippen molar-refractivity contribution in [2.24, 2.45) is 14.1 Å². The molecule has 0 saturated heterocycles. The lowest BCUT2D eigenvalue weighted by molar-refractivity contribution is 0.555. The molecular weight excluding hydrogens is 212 g/mol. The Morgan fingerprint density at radius 2 is 1.65 bits per heavy atom.